The van der Waals surface area contributed by atoms with Crippen molar-refractivity contribution in [3.05, 3.63) is 65.6 Å². The zero-order valence-electron chi connectivity index (χ0n) is 17.1. The van der Waals surface area contributed by atoms with Gasteiger partial charge in [-0.25, -0.2) is 9.07 Å². The molecule has 2 aromatic carbocycles. The number of hydrogen-bond donors (Lipinski definition) is 0. The number of hydrogen-bond acceptors (Lipinski definition) is 4. The number of benzene rings is 2. The summed E-state index contributed by atoms with van der Waals surface area (Å²) in [6.45, 7) is 4.32. The molecule has 1 atom stereocenters. The molecule has 0 unspecified atom stereocenters. The highest BCUT2D eigenvalue weighted by Gasteiger charge is 2.23. The molecule has 4 rings (SSSR count). The normalized spacial score (nSPS) is 16.5. The summed E-state index contributed by atoms with van der Waals surface area (Å²) in [6.07, 6.45) is 3.07. The molecule has 0 bridgehead atoms. The second-order valence-corrected chi connectivity index (χ2v) is 7.52. The van der Waals surface area contributed by atoms with Gasteiger partial charge in [0.05, 0.1) is 25.1 Å². The highest BCUT2D eigenvalue weighted by atomic mass is 19.1. The summed E-state index contributed by atoms with van der Waals surface area (Å²) < 4.78 is 26.9. The summed E-state index contributed by atoms with van der Waals surface area (Å²) in [7, 11) is 3.57. The predicted octanol–water partition coefficient (Wildman–Crippen LogP) is 4.22. The smallest absolute Gasteiger partial charge is 0.165 e. The molecule has 1 aliphatic rings. The maximum absolute atomic E-state index is 14.4. The van der Waals surface area contributed by atoms with Crippen LogP contribution >= 0.6 is 0 Å². The zero-order valence-corrected chi connectivity index (χ0v) is 17.1. The van der Waals surface area contributed by atoms with Crippen LogP contribution in [0.3, 0.4) is 0 Å². The Morgan fingerprint density at radius 1 is 1.28 bits per heavy atom. The minimum absolute atomic E-state index is 0.230. The van der Waals surface area contributed by atoms with Gasteiger partial charge in [0, 0.05) is 36.5 Å². The van der Waals surface area contributed by atoms with Gasteiger partial charge in [-0.1, -0.05) is 18.2 Å². The topological polar surface area (TPSA) is 39.5 Å². The van der Waals surface area contributed by atoms with Crippen LogP contribution in [0.1, 0.15) is 17.5 Å². The number of aromatic nitrogens is 2. The third kappa shape index (κ3) is 4.04. The average Bonchev–Trinajstić information content (AvgIpc) is 3.38. The van der Waals surface area contributed by atoms with Crippen LogP contribution in [0.2, 0.25) is 0 Å². The Bertz CT molecular complexity index is 996. The van der Waals surface area contributed by atoms with Crippen LogP contribution in [0.25, 0.3) is 16.9 Å². The van der Waals surface area contributed by atoms with Crippen molar-refractivity contribution in [2.75, 3.05) is 27.4 Å². The van der Waals surface area contributed by atoms with Gasteiger partial charge in [0.1, 0.15) is 0 Å². The van der Waals surface area contributed by atoms with E-state index >= 15 is 0 Å². The number of nitrogens with zero attached hydrogens (tertiary/aromatic N) is 3. The molecule has 0 aliphatic carbocycles. The summed E-state index contributed by atoms with van der Waals surface area (Å²) >= 11 is 0. The van der Waals surface area contributed by atoms with Crippen LogP contribution in [0, 0.1) is 12.7 Å². The van der Waals surface area contributed by atoms with Crippen molar-refractivity contribution in [3.8, 4) is 22.7 Å². The number of para-hydroxylation sites is 1. The number of likely N-dealkylation sites (N-methyl/N-ethyl adjacent to an activating group) is 1. The Morgan fingerprint density at radius 2 is 2.10 bits per heavy atom. The van der Waals surface area contributed by atoms with Crippen LogP contribution in [0.5, 0.6) is 5.75 Å². The van der Waals surface area contributed by atoms with Gasteiger partial charge in [0.25, 0.3) is 0 Å². The minimum Gasteiger partial charge on any atom is -0.494 e. The number of ether oxygens (including phenoxy) is 2. The Hall–Kier alpha value is -2.70. The zero-order chi connectivity index (χ0) is 20.4. The highest BCUT2D eigenvalue weighted by molar-refractivity contribution is 5.64. The monoisotopic (exact) mass is 395 g/mol. The minimum atomic E-state index is -0.390. The Kier molecular flexibility index (Phi) is 5.65. The number of aryl methyl sites for hydroxylation is 1. The molecule has 0 radical (unpaired) electrons. The lowest BCUT2D eigenvalue weighted by Crippen LogP contribution is -2.31. The van der Waals surface area contributed by atoms with Crippen molar-refractivity contribution >= 4 is 0 Å². The van der Waals surface area contributed by atoms with Gasteiger partial charge in [0.2, 0.25) is 0 Å². The third-order valence-corrected chi connectivity index (χ3v) is 5.53. The van der Waals surface area contributed by atoms with E-state index in [4.69, 9.17) is 14.6 Å². The summed E-state index contributed by atoms with van der Waals surface area (Å²) in [4.78, 5) is 2.29. The van der Waals surface area contributed by atoms with Crippen molar-refractivity contribution in [2.24, 2.45) is 0 Å². The molecule has 1 fully saturated rings. The number of rotatable bonds is 6. The van der Waals surface area contributed by atoms with Crippen molar-refractivity contribution in [2.45, 2.75) is 25.9 Å². The van der Waals surface area contributed by atoms with Gasteiger partial charge < -0.3 is 9.47 Å². The van der Waals surface area contributed by atoms with E-state index in [1.807, 2.05) is 35.1 Å². The molecule has 29 heavy (non-hydrogen) atoms. The highest BCUT2D eigenvalue weighted by Crippen LogP contribution is 2.29. The van der Waals surface area contributed by atoms with E-state index < -0.39 is 0 Å². The molecule has 152 valence electrons. The summed E-state index contributed by atoms with van der Waals surface area (Å²) in [5, 5.41) is 4.84. The molecule has 1 saturated heterocycles. The third-order valence-electron chi connectivity index (χ3n) is 5.53. The fraction of sp³-hybridized carbons (Fsp3) is 0.348. The van der Waals surface area contributed by atoms with E-state index in [1.54, 1.807) is 6.07 Å². The molecular weight excluding hydrogens is 369 g/mol. The molecule has 0 amide bonds. The lowest BCUT2D eigenvalue weighted by atomic mass is 10.1. The molecule has 3 aromatic rings. The molecule has 1 aromatic heterocycles. The lowest BCUT2D eigenvalue weighted by Gasteiger charge is -2.22. The van der Waals surface area contributed by atoms with Gasteiger partial charge in [-0.15, -0.1) is 0 Å². The van der Waals surface area contributed by atoms with Crippen molar-refractivity contribution in [3.63, 3.8) is 0 Å². The first kappa shape index (κ1) is 19.6. The maximum atomic E-state index is 14.4. The maximum Gasteiger partial charge on any atom is 0.165 e. The fourth-order valence-corrected chi connectivity index (χ4v) is 3.79. The number of halogens is 1. The average molecular weight is 395 g/mol. The first-order chi connectivity index (χ1) is 14.1. The summed E-state index contributed by atoms with van der Waals surface area (Å²) in [6, 6.07) is 13.5. The first-order valence-corrected chi connectivity index (χ1v) is 9.83. The van der Waals surface area contributed by atoms with Crippen molar-refractivity contribution in [1.29, 1.82) is 0 Å². The van der Waals surface area contributed by atoms with E-state index in [0.29, 0.717) is 12.6 Å². The van der Waals surface area contributed by atoms with E-state index in [0.717, 1.165) is 47.7 Å². The summed E-state index contributed by atoms with van der Waals surface area (Å²) in [5.74, 6) is -0.159. The molecule has 0 spiro atoms. The van der Waals surface area contributed by atoms with Crippen LogP contribution < -0.4 is 4.74 Å². The molecule has 0 saturated carbocycles. The van der Waals surface area contributed by atoms with Gasteiger partial charge in [-0.2, -0.15) is 5.10 Å². The Balaban J connectivity index is 1.75. The standard InChI is InChI=1S/C23H26FN3O2/c1-16-6-4-5-7-21(16)27-14-18(13-26(2)19-10-11-29-15-19)23(25-27)17-8-9-22(28-3)20(24)12-17/h4-9,12,14,19H,10-11,13,15H2,1-3H3/t19-/m0/s1. The van der Waals surface area contributed by atoms with Crippen LogP contribution in [-0.2, 0) is 11.3 Å². The van der Waals surface area contributed by atoms with E-state index in [-0.39, 0.29) is 11.6 Å². The fourth-order valence-electron chi connectivity index (χ4n) is 3.79. The molecule has 6 heteroatoms. The SMILES string of the molecule is COc1ccc(-c2nn(-c3ccccc3C)cc2CN(C)[C@H]2CCOC2)cc1F. The van der Waals surface area contributed by atoms with Crippen LogP contribution in [0.4, 0.5) is 4.39 Å². The Morgan fingerprint density at radius 3 is 2.79 bits per heavy atom. The predicted molar refractivity (Wildman–Crippen MR) is 111 cm³/mol. The first-order valence-electron chi connectivity index (χ1n) is 9.83. The molecule has 5 nitrogen and oxygen atoms in total. The van der Waals surface area contributed by atoms with Crippen molar-refractivity contribution in [1.82, 2.24) is 14.7 Å². The number of methoxy groups -OCH3 is 1. The van der Waals surface area contributed by atoms with Gasteiger partial charge in [-0.05, 0) is 50.2 Å². The molecule has 1 aliphatic heterocycles. The molecular formula is C23H26FN3O2. The second-order valence-electron chi connectivity index (χ2n) is 7.52. The van der Waals surface area contributed by atoms with E-state index in [9.17, 15) is 4.39 Å². The van der Waals surface area contributed by atoms with E-state index in [1.165, 1.54) is 13.2 Å². The van der Waals surface area contributed by atoms with Crippen LogP contribution in [0.15, 0.2) is 48.7 Å². The van der Waals surface area contributed by atoms with Crippen molar-refractivity contribution < 1.29 is 13.9 Å². The summed E-state index contributed by atoms with van der Waals surface area (Å²) in [5.41, 5.74) is 4.71. The lowest BCUT2D eigenvalue weighted by molar-refractivity contribution is 0.156. The van der Waals surface area contributed by atoms with Gasteiger partial charge in [0.15, 0.2) is 11.6 Å². The van der Waals surface area contributed by atoms with E-state index in [2.05, 4.69) is 24.9 Å². The van der Waals surface area contributed by atoms with Gasteiger partial charge >= 0.3 is 0 Å². The molecule has 0 N–H and O–H groups in total. The Labute approximate surface area is 170 Å². The second kappa shape index (κ2) is 8.35. The quantitative estimate of drug-likeness (QED) is 0.627. The van der Waals surface area contributed by atoms with Gasteiger partial charge in [-0.3, -0.25) is 4.90 Å². The largest absolute Gasteiger partial charge is 0.494 e. The molecule has 2 heterocycles. The van der Waals surface area contributed by atoms with Crippen LogP contribution in [-0.4, -0.2) is 48.1 Å².